The van der Waals surface area contributed by atoms with Crippen molar-refractivity contribution in [2.45, 2.75) is 24.5 Å². The molecule has 2 heterocycles. The number of benzene rings is 1. The van der Waals surface area contributed by atoms with Gasteiger partial charge in [-0.2, -0.15) is 0 Å². The molecule has 5 heteroatoms. The second kappa shape index (κ2) is 5.97. The lowest BCUT2D eigenvalue weighted by Gasteiger charge is -2.46. The highest BCUT2D eigenvalue weighted by Crippen LogP contribution is 2.46. The van der Waals surface area contributed by atoms with Crippen LogP contribution in [0.25, 0.3) is 0 Å². The largest absolute Gasteiger partial charge is 0.497 e. The van der Waals surface area contributed by atoms with Crippen molar-refractivity contribution in [1.29, 1.82) is 0 Å². The fourth-order valence-electron chi connectivity index (χ4n) is 2.79. The molecule has 112 valence electrons. The average molecular weight is 321 g/mol. The van der Waals surface area contributed by atoms with Gasteiger partial charge in [0.15, 0.2) is 0 Å². The van der Waals surface area contributed by atoms with E-state index in [9.17, 15) is 4.79 Å². The number of β-lactam (4-membered cyclic amide) rings is 1. The average Bonchev–Trinajstić information content (AvgIpc) is 2.98. The molecule has 2 saturated heterocycles. The number of carbonyl (C=O) groups excluding carboxylic acids is 1. The number of thioether (sulfide) groups is 2. The molecule has 3 rings (SSSR count). The van der Waals surface area contributed by atoms with Gasteiger partial charge >= 0.3 is 0 Å². The molecule has 3 nitrogen and oxygen atoms in total. The summed E-state index contributed by atoms with van der Waals surface area (Å²) in [4.78, 5) is 14.5. The summed E-state index contributed by atoms with van der Waals surface area (Å²) in [6.07, 6.45) is 0. The van der Waals surface area contributed by atoms with E-state index in [2.05, 4.69) is 0 Å². The van der Waals surface area contributed by atoms with Gasteiger partial charge in [-0.25, -0.2) is 0 Å². The van der Waals surface area contributed by atoms with Gasteiger partial charge in [0.2, 0.25) is 0 Å². The Morgan fingerprint density at radius 1 is 1.19 bits per heavy atom. The summed E-state index contributed by atoms with van der Waals surface area (Å²) in [5.41, 5.74) is 3.10. The van der Waals surface area contributed by atoms with Crippen LogP contribution in [-0.4, -0.2) is 35.1 Å². The Bertz CT molecular complexity index is 572. The smallest absolute Gasteiger partial charge is 0.256 e. The van der Waals surface area contributed by atoms with Crippen LogP contribution in [0, 0.1) is 0 Å². The Balaban J connectivity index is 1.92. The van der Waals surface area contributed by atoms with E-state index in [1.165, 1.54) is 11.5 Å². The topological polar surface area (TPSA) is 29.5 Å². The van der Waals surface area contributed by atoms with Crippen LogP contribution in [0.1, 0.15) is 13.8 Å². The summed E-state index contributed by atoms with van der Waals surface area (Å²) in [6.45, 7) is 4.08. The minimum absolute atomic E-state index is 0.151. The summed E-state index contributed by atoms with van der Waals surface area (Å²) in [6, 6.07) is 7.96. The van der Waals surface area contributed by atoms with Crippen molar-refractivity contribution >= 4 is 35.1 Å². The first-order chi connectivity index (χ1) is 10.1. The number of rotatable bonds is 3. The van der Waals surface area contributed by atoms with E-state index in [1.54, 1.807) is 7.11 Å². The molecule has 0 bridgehead atoms. The van der Waals surface area contributed by atoms with Crippen LogP contribution in [0.5, 0.6) is 5.75 Å². The Morgan fingerprint density at radius 3 is 2.33 bits per heavy atom. The predicted octanol–water partition coefficient (Wildman–Crippen LogP) is 3.55. The van der Waals surface area contributed by atoms with Gasteiger partial charge in [-0.1, -0.05) is 5.57 Å². The third-order valence-corrected chi connectivity index (χ3v) is 6.95. The van der Waals surface area contributed by atoms with Crippen molar-refractivity contribution in [1.82, 2.24) is 0 Å². The number of hydrogen-bond acceptors (Lipinski definition) is 4. The number of anilines is 1. The minimum atomic E-state index is 0.151. The van der Waals surface area contributed by atoms with Crippen LogP contribution in [0.2, 0.25) is 0 Å². The van der Waals surface area contributed by atoms with Crippen LogP contribution < -0.4 is 9.64 Å². The van der Waals surface area contributed by atoms with Crippen LogP contribution in [0.3, 0.4) is 0 Å². The van der Waals surface area contributed by atoms with Crippen LogP contribution in [0.4, 0.5) is 5.69 Å². The number of hydrogen-bond donors (Lipinski definition) is 0. The molecule has 0 saturated carbocycles. The summed E-state index contributed by atoms with van der Waals surface area (Å²) in [5, 5.41) is 0. The predicted molar refractivity (Wildman–Crippen MR) is 91.3 cm³/mol. The van der Waals surface area contributed by atoms with Gasteiger partial charge < -0.3 is 4.74 Å². The first-order valence-corrected chi connectivity index (χ1v) is 9.11. The standard InChI is InChI=1S/C16H19NO2S2/c1-10(2)13-14(16-20-8-9-21-16)17(15(13)18)11-4-6-12(19-3)7-5-11/h4-7,14,16H,8-9H2,1-3H3. The SMILES string of the molecule is COc1ccc(N2C(=O)C(=C(C)C)C2C2SCCS2)cc1. The molecule has 0 aliphatic carbocycles. The Hall–Kier alpha value is -1.07. The second-order valence-electron chi connectivity index (χ2n) is 5.34. The first kappa shape index (κ1) is 14.9. The summed E-state index contributed by atoms with van der Waals surface area (Å²) < 4.78 is 5.65. The Labute approximate surface area is 134 Å². The molecule has 1 aromatic carbocycles. The lowest BCUT2D eigenvalue weighted by atomic mass is 9.91. The fourth-order valence-corrected chi connectivity index (χ4v) is 5.87. The molecule has 0 spiro atoms. The number of methoxy groups -OCH3 is 1. The lowest BCUT2D eigenvalue weighted by molar-refractivity contribution is -0.118. The number of nitrogens with zero attached hydrogens (tertiary/aromatic N) is 1. The highest BCUT2D eigenvalue weighted by molar-refractivity contribution is 8.20. The van der Waals surface area contributed by atoms with Crippen LogP contribution in [0.15, 0.2) is 35.4 Å². The third kappa shape index (κ3) is 2.57. The number of ether oxygens (including phenoxy) is 1. The number of amides is 1. The zero-order valence-corrected chi connectivity index (χ0v) is 14.1. The van der Waals surface area contributed by atoms with Gasteiger partial charge in [0, 0.05) is 22.8 Å². The maximum atomic E-state index is 12.5. The monoisotopic (exact) mass is 321 g/mol. The maximum absolute atomic E-state index is 12.5. The normalized spacial score (nSPS) is 22.4. The molecule has 1 atom stereocenters. The van der Waals surface area contributed by atoms with Crippen molar-refractivity contribution in [3.05, 3.63) is 35.4 Å². The van der Waals surface area contributed by atoms with E-state index in [0.717, 1.165) is 22.6 Å². The van der Waals surface area contributed by atoms with Crippen molar-refractivity contribution in [3.63, 3.8) is 0 Å². The van der Waals surface area contributed by atoms with Crippen molar-refractivity contribution in [2.24, 2.45) is 0 Å². The molecule has 1 unspecified atom stereocenters. The molecule has 0 N–H and O–H groups in total. The molecule has 2 fully saturated rings. The van der Waals surface area contributed by atoms with E-state index >= 15 is 0 Å². The zero-order chi connectivity index (χ0) is 15.0. The molecule has 0 aromatic heterocycles. The van der Waals surface area contributed by atoms with E-state index in [1.807, 2.05) is 66.5 Å². The van der Waals surface area contributed by atoms with Gasteiger partial charge in [0.25, 0.3) is 5.91 Å². The summed E-state index contributed by atoms with van der Waals surface area (Å²) >= 11 is 3.93. The van der Waals surface area contributed by atoms with E-state index < -0.39 is 0 Å². The highest BCUT2D eigenvalue weighted by Gasteiger charge is 2.49. The van der Waals surface area contributed by atoms with Gasteiger partial charge in [0.1, 0.15) is 5.75 Å². The third-order valence-electron chi connectivity index (χ3n) is 3.82. The number of allylic oxidation sites excluding steroid dienone is 1. The van der Waals surface area contributed by atoms with Crippen molar-refractivity contribution in [3.8, 4) is 5.75 Å². The molecule has 0 radical (unpaired) electrons. The molecular formula is C16H19NO2S2. The van der Waals surface area contributed by atoms with Crippen LogP contribution in [-0.2, 0) is 4.79 Å². The van der Waals surface area contributed by atoms with E-state index in [-0.39, 0.29) is 11.9 Å². The highest BCUT2D eigenvalue weighted by atomic mass is 32.2. The summed E-state index contributed by atoms with van der Waals surface area (Å²) in [5.74, 6) is 3.31. The molecule has 1 amide bonds. The number of carbonyl (C=O) groups is 1. The Morgan fingerprint density at radius 2 is 1.81 bits per heavy atom. The summed E-state index contributed by atoms with van der Waals surface area (Å²) in [7, 11) is 1.65. The maximum Gasteiger partial charge on any atom is 0.256 e. The molecule has 1 aromatic rings. The van der Waals surface area contributed by atoms with Gasteiger partial charge in [-0.15, -0.1) is 23.5 Å². The van der Waals surface area contributed by atoms with Crippen molar-refractivity contribution in [2.75, 3.05) is 23.5 Å². The molecule has 2 aliphatic rings. The molecule has 21 heavy (non-hydrogen) atoms. The quantitative estimate of drug-likeness (QED) is 0.629. The van der Waals surface area contributed by atoms with E-state index in [4.69, 9.17) is 4.74 Å². The van der Waals surface area contributed by atoms with Gasteiger partial charge in [-0.3, -0.25) is 9.69 Å². The van der Waals surface area contributed by atoms with E-state index in [0.29, 0.717) is 4.58 Å². The van der Waals surface area contributed by atoms with Gasteiger partial charge in [0.05, 0.1) is 17.7 Å². The van der Waals surface area contributed by atoms with Crippen molar-refractivity contribution < 1.29 is 9.53 Å². The minimum Gasteiger partial charge on any atom is -0.497 e. The lowest BCUT2D eigenvalue weighted by Crippen LogP contribution is -2.59. The first-order valence-electron chi connectivity index (χ1n) is 7.01. The molecular weight excluding hydrogens is 302 g/mol. The van der Waals surface area contributed by atoms with Crippen LogP contribution >= 0.6 is 23.5 Å². The molecule has 2 aliphatic heterocycles. The second-order valence-corrected chi connectivity index (χ2v) is 8.14. The van der Waals surface area contributed by atoms with Gasteiger partial charge in [-0.05, 0) is 38.1 Å². The zero-order valence-electron chi connectivity index (χ0n) is 12.5. The fraction of sp³-hybridized carbons (Fsp3) is 0.438. The Kier molecular flexibility index (Phi) is 4.22.